The highest BCUT2D eigenvalue weighted by molar-refractivity contribution is 7.99. The van der Waals surface area contributed by atoms with Gasteiger partial charge in [0.25, 0.3) is 5.71 Å². The molecule has 0 aromatic carbocycles. The van der Waals surface area contributed by atoms with Crippen LogP contribution >= 0.6 is 11.8 Å². The molecule has 0 fully saturated rings. The van der Waals surface area contributed by atoms with Crippen molar-refractivity contribution < 1.29 is 4.52 Å². The molecule has 0 atom stereocenters. The highest BCUT2D eigenvalue weighted by atomic mass is 32.2. The highest BCUT2D eigenvalue weighted by Crippen LogP contribution is 2.26. The van der Waals surface area contributed by atoms with E-state index in [-0.39, 0.29) is 0 Å². The summed E-state index contributed by atoms with van der Waals surface area (Å²) < 4.78 is 7.40. The van der Waals surface area contributed by atoms with Gasteiger partial charge in [-0.05, 0) is 13.8 Å². The van der Waals surface area contributed by atoms with E-state index in [1.165, 1.54) is 0 Å². The van der Waals surface area contributed by atoms with Gasteiger partial charge in [-0.1, -0.05) is 16.9 Å². The van der Waals surface area contributed by atoms with E-state index in [4.69, 9.17) is 4.52 Å². The molecule has 0 radical (unpaired) electrons. The van der Waals surface area contributed by atoms with Gasteiger partial charge in [0.1, 0.15) is 17.0 Å². The number of aryl methyl sites for hydroxylation is 3. The Balaban J connectivity index is 1.63. The van der Waals surface area contributed by atoms with E-state index in [9.17, 15) is 0 Å². The lowest BCUT2D eigenvalue weighted by Crippen LogP contribution is -2.04. The van der Waals surface area contributed by atoms with Crippen LogP contribution in [0.5, 0.6) is 0 Å². The maximum atomic E-state index is 5.21. The summed E-state index contributed by atoms with van der Waals surface area (Å²) in [6.07, 6.45) is 2.09. The van der Waals surface area contributed by atoms with Crippen molar-refractivity contribution >= 4 is 28.7 Å². The number of rotatable bonds is 3. The fourth-order valence-corrected chi connectivity index (χ4v) is 3.41. The Morgan fingerprint density at radius 3 is 3.10 bits per heavy atom. The van der Waals surface area contributed by atoms with E-state index in [1.807, 2.05) is 13.8 Å². The van der Waals surface area contributed by atoms with Crippen LogP contribution in [0.4, 0.5) is 5.82 Å². The van der Waals surface area contributed by atoms with E-state index in [0.717, 1.165) is 40.0 Å². The lowest BCUT2D eigenvalue weighted by molar-refractivity contribution is 0.442. The molecule has 1 aliphatic rings. The Morgan fingerprint density at radius 1 is 1.33 bits per heavy atom. The van der Waals surface area contributed by atoms with Gasteiger partial charge in [-0.3, -0.25) is 0 Å². The second kappa shape index (κ2) is 4.73. The molecule has 1 aliphatic heterocycles. The molecule has 1 N–H and O–H groups in total. The summed E-state index contributed by atoms with van der Waals surface area (Å²) in [6.45, 7) is 5.38. The van der Waals surface area contributed by atoms with Crippen molar-refractivity contribution in [2.75, 3.05) is 11.1 Å². The second-order valence-corrected chi connectivity index (χ2v) is 6.04. The van der Waals surface area contributed by atoms with E-state index < -0.39 is 0 Å². The number of fused-ring (bicyclic) bond motifs is 2. The zero-order valence-electron chi connectivity index (χ0n) is 11.8. The van der Waals surface area contributed by atoms with Gasteiger partial charge in [0.2, 0.25) is 0 Å². The molecule has 0 amide bonds. The van der Waals surface area contributed by atoms with Crippen LogP contribution in [-0.4, -0.2) is 30.4 Å². The smallest absolute Gasteiger partial charge is 0.263 e. The second-order valence-electron chi connectivity index (χ2n) is 4.98. The van der Waals surface area contributed by atoms with Crippen molar-refractivity contribution in [2.45, 2.75) is 32.1 Å². The number of hydrogen-bond acceptors (Lipinski definition) is 7. The molecule has 4 rings (SSSR count). The zero-order valence-corrected chi connectivity index (χ0v) is 12.6. The fourth-order valence-electron chi connectivity index (χ4n) is 2.45. The molecule has 7 nitrogen and oxygen atoms in total. The first-order valence-electron chi connectivity index (χ1n) is 6.74. The molecule has 0 aliphatic carbocycles. The molecule has 3 aromatic rings. The minimum atomic E-state index is 0.519. The summed E-state index contributed by atoms with van der Waals surface area (Å²) in [5, 5.41) is 9.21. The molecule has 0 saturated carbocycles. The number of hydrogen-bond donors (Lipinski definition) is 1. The summed E-state index contributed by atoms with van der Waals surface area (Å²) in [4.78, 5) is 13.3. The number of nitrogens with zero attached hydrogens (tertiary/aromatic N) is 5. The minimum absolute atomic E-state index is 0.519. The van der Waals surface area contributed by atoms with Gasteiger partial charge < -0.3 is 14.4 Å². The average molecular weight is 302 g/mol. The monoisotopic (exact) mass is 302 g/mol. The van der Waals surface area contributed by atoms with Crippen molar-refractivity contribution in [1.82, 2.24) is 24.7 Å². The molecular weight excluding hydrogens is 288 g/mol. The first-order valence-corrected chi connectivity index (χ1v) is 7.72. The maximum Gasteiger partial charge on any atom is 0.263 e. The topological polar surface area (TPSA) is 81.7 Å². The standard InChI is InChI=1S/C13H14N6OS/c1-7-10-11(15-8(2)16-12(10)20-18-7)14-5-9-6-19-3-4-21-13(19)17-9/h6H,3-5H2,1-2H3,(H,14,15,16). The third kappa shape index (κ3) is 2.15. The molecule has 4 heterocycles. The number of anilines is 1. The highest BCUT2D eigenvalue weighted by Gasteiger charge is 2.16. The van der Waals surface area contributed by atoms with Gasteiger partial charge in [-0.25, -0.2) is 9.97 Å². The van der Waals surface area contributed by atoms with E-state index in [2.05, 4.69) is 36.2 Å². The molecule has 0 unspecified atom stereocenters. The van der Waals surface area contributed by atoms with Gasteiger partial charge in [0, 0.05) is 18.5 Å². The Morgan fingerprint density at radius 2 is 2.24 bits per heavy atom. The van der Waals surface area contributed by atoms with Crippen molar-refractivity contribution in [3.63, 3.8) is 0 Å². The van der Waals surface area contributed by atoms with Crippen LogP contribution in [0.1, 0.15) is 17.2 Å². The molecule has 3 aromatic heterocycles. The quantitative estimate of drug-likeness (QED) is 0.793. The number of thioether (sulfide) groups is 1. The van der Waals surface area contributed by atoms with E-state index in [1.54, 1.807) is 11.8 Å². The zero-order chi connectivity index (χ0) is 14.4. The number of nitrogens with one attached hydrogen (secondary N) is 1. The largest absolute Gasteiger partial charge is 0.364 e. The van der Waals surface area contributed by atoms with Crippen molar-refractivity contribution in [3.05, 3.63) is 23.4 Å². The Hall–Kier alpha value is -2.09. The van der Waals surface area contributed by atoms with Gasteiger partial charge in [0.05, 0.1) is 17.9 Å². The molecule has 0 spiro atoms. The molecule has 0 saturated heterocycles. The normalized spacial score (nSPS) is 13.8. The third-order valence-electron chi connectivity index (χ3n) is 3.41. The molecule has 21 heavy (non-hydrogen) atoms. The first-order chi connectivity index (χ1) is 10.2. The summed E-state index contributed by atoms with van der Waals surface area (Å²) >= 11 is 1.79. The van der Waals surface area contributed by atoms with Crippen LogP contribution in [0.15, 0.2) is 15.9 Å². The predicted molar refractivity (Wildman–Crippen MR) is 79.4 cm³/mol. The predicted octanol–water partition coefficient (Wildman–Crippen LogP) is 2.15. The third-order valence-corrected chi connectivity index (χ3v) is 4.38. The van der Waals surface area contributed by atoms with Gasteiger partial charge in [-0.2, -0.15) is 4.98 Å². The van der Waals surface area contributed by atoms with Crippen molar-refractivity contribution in [2.24, 2.45) is 0 Å². The molecular formula is C13H14N6OS. The molecule has 0 bridgehead atoms. The average Bonchev–Trinajstić information content (AvgIpc) is 3.11. The van der Waals surface area contributed by atoms with Crippen LogP contribution < -0.4 is 5.32 Å². The van der Waals surface area contributed by atoms with Crippen LogP contribution in [-0.2, 0) is 13.1 Å². The van der Waals surface area contributed by atoms with Gasteiger partial charge in [0.15, 0.2) is 5.16 Å². The van der Waals surface area contributed by atoms with Crippen LogP contribution in [0.25, 0.3) is 11.1 Å². The summed E-state index contributed by atoms with van der Waals surface area (Å²) in [7, 11) is 0. The fraction of sp³-hybridized carbons (Fsp3) is 0.385. The lowest BCUT2D eigenvalue weighted by atomic mass is 10.3. The Kier molecular flexibility index (Phi) is 2.85. The molecule has 8 heteroatoms. The Labute approximate surface area is 125 Å². The van der Waals surface area contributed by atoms with Gasteiger partial charge >= 0.3 is 0 Å². The summed E-state index contributed by atoms with van der Waals surface area (Å²) in [5.41, 5.74) is 2.32. The molecule has 108 valence electrons. The van der Waals surface area contributed by atoms with E-state index in [0.29, 0.717) is 18.1 Å². The number of aromatic nitrogens is 5. The van der Waals surface area contributed by atoms with E-state index >= 15 is 0 Å². The van der Waals surface area contributed by atoms with Gasteiger partial charge in [-0.15, -0.1) is 0 Å². The SMILES string of the molecule is Cc1nc(NCc2cn3c(n2)SCC3)c2c(C)noc2n1. The lowest BCUT2D eigenvalue weighted by Gasteiger charge is -2.05. The van der Waals surface area contributed by atoms with Crippen LogP contribution in [0.3, 0.4) is 0 Å². The van der Waals surface area contributed by atoms with Crippen LogP contribution in [0, 0.1) is 13.8 Å². The van der Waals surface area contributed by atoms with Crippen LogP contribution in [0.2, 0.25) is 0 Å². The maximum absolute atomic E-state index is 5.21. The minimum Gasteiger partial charge on any atom is -0.364 e. The summed E-state index contributed by atoms with van der Waals surface area (Å²) in [6, 6.07) is 0. The summed E-state index contributed by atoms with van der Waals surface area (Å²) in [5.74, 6) is 2.52. The van der Waals surface area contributed by atoms with Crippen molar-refractivity contribution in [1.29, 1.82) is 0 Å². The number of imidazole rings is 1. The first kappa shape index (κ1) is 12.6. The van der Waals surface area contributed by atoms with Crippen molar-refractivity contribution in [3.8, 4) is 0 Å². The Bertz CT molecular complexity index is 802.